The number of guanidine groups is 2. The van der Waals surface area contributed by atoms with Crippen LogP contribution in [0.3, 0.4) is 0 Å². The first-order valence-corrected chi connectivity index (χ1v) is 7.95. The molecule has 0 aliphatic rings. The van der Waals surface area contributed by atoms with Crippen LogP contribution in [0.15, 0.2) is 0 Å². The average molecular weight is 406 g/mol. The van der Waals surface area contributed by atoms with Crippen LogP contribution >= 0.6 is 0 Å². The summed E-state index contributed by atoms with van der Waals surface area (Å²) < 4.78 is 9.26. The summed E-state index contributed by atoms with van der Waals surface area (Å²) in [6, 6.07) is 0. The molecule has 0 spiro atoms. The number of ketones is 1. The Morgan fingerprint density at radius 2 is 1.11 bits per heavy atom. The largest absolute Gasteiger partial charge is 0.476 e. The zero-order valence-corrected chi connectivity index (χ0v) is 16.8. The summed E-state index contributed by atoms with van der Waals surface area (Å²) in [7, 11) is 3.11. The second-order valence-corrected chi connectivity index (χ2v) is 4.95. The Bertz CT molecular complexity index is 505. The first-order valence-electron chi connectivity index (χ1n) is 7.95. The van der Waals surface area contributed by atoms with Gasteiger partial charge in [0.2, 0.25) is 5.78 Å². The third kappa shape index (κ3) is 20.7. The standard InChI is InChI=1S/2C6H13N3O2.C3H4O3/c2*1-3-11-5(10)4-9(2)6(7)8;1-2(4)3(5)6/h2*3-4H2,1-2H3,(H3,7,8);1H3,(H,5,6). The Morgan fingerprint density at radius 3 is 1.25 bits per heavy atom. The zero-order chi connectivity index (χ0) is 22.9. The molecule has 7 N–H and O–H groups in total. The molecule has 0 saturated heterocycles. The molecule has 0 amide bonds. The minimum atomic E-state index is -1.38. The molecule has 0 heterocycles. The fraction of sp³-hybridized carbons (Fsp3) is 0.600. The lowest BCUT2D eigenvalue weighted by atomic mass is 10.5. The van der Waals surface area contributed by atoms with E-state index in [1.807, 2.05) is 0 Å². The van der Waals surface area contributed by atoms with Crippen LogP contribution in [-0.4, -0.2) is 90.9 Å². The molecule has 0 saturated carbocycles. The summed E-state index contributed by atoms with van der Waals surface area (Å²) in [6.07, 6.45) is 0. The van der Waals surface area contributed by atoms with Gasteiger partial charge in [-0.25, -0.2) is 4.79 Å². The predicted octanol–water partition coefficient (Wildman–Crippen LogP) is -1.59. The topological polar surface area (TPSA) is 213 Å². The van der Waals surface area contributed by atoms with Crippen molar-refractivity contribution in [3.8, 4) is 0 Å². The molecule has 0 aliphatic carbocycles. The highest BCUT2D eigenvalue weighted by Gasteiger charge is 2.07. The van der Waals surface area contributed by atoms with E-state index in [4.69, 9.17) is 27.4 Å². The number of nitrogens with one attached hydrogen (secondary N) is 2. The lowest BCUT2D eigenvalue weighted by Gasteiger charge is -2.14. The number of carbonyl (C=O) groups excluding carboxylic acids is 3. The molecule has 0 aromatic rings. The van der Waals surface area contributed by atoms with Crippen molar-refractivity contribution in [3.63, 3.8) is 0 Å². The first-order chi connectivity index (χ1) is 12.8. The second-order valence-electron chi connectivity index (χ2n) is 4.95. The third-order valence-corrected chi connectivity index (χ3v) is 2.47. The van der Waals surface area contributed by atoms with Gasteiger partial charge in [0.15, 0.2) is 11.9 Å². The number of carboxylic acids is 1. The van der Waals surface area contributed by atoms with Gasteiger partial charge >= 0.3 is 17.9 Å². The van der Waals surface area contributed by atoms with E-state index in [-0.39, 0.29) is 36.9 Å². The van der Waals surface area contributed by atoms with Gasteiger partial charge in [-0.1, -0.05) is 0 Å². The highest BCUT2D eigenvalue weighted by molar-refractivity contribution is 6.31. The molecule has 28 heavy (non-hydrogen) atoms. The van der Waals surface area contributed by atoms with Gasteiger partial charge in [0, 0.05) is 21.0 Å². The van der Waals surface area contributed by atoms with Crippen LogP contribution in [0.5, 0.6) is 0 Å². The molecule has 0 radical (unpaired) electrons. The van der Waals surface area contributed by atoms with Crippen molar-refractivity contribution in [1.29, 1.82) is 10.8 Å². The van der Waals surface area contributed by atoms with Crippen LogP contribution in [-0.2, 0) is 28.7 Å². The number of rotatable bonds is 7. The first kappa shape index (κ1) is 29.4. The van der Waals surface area contributed by atoms with Gasteiger partial charge in [0.25, 0.3) is 0 Å². The number of nitrogens with two attached hydrogens (primary N) is 2. The van der Waals surface area contributed by atoms with Crippen molar-refractivity contribution in [2.45, 2.75) is 20.8 Å². The Balaban J connectivity index is -0.000000351. The van der Waals surface area contributed by atoms with E-state index in [2.05, 4.69) is 9.47 Å². The number of ether oxygens (including phenoxy) is 2. The van der Waals surface area contributed by atoms with Crippen molar-refractivity contribution in [2.24, 2.45) is 11.5 Å². The molecule has 0 fully saturated rings. The van der Waals surface area contributed by atoms with Crippen molar-refractivity contribution in [3.05, 3.63) is 0 Å². The van der Waals surface area contributed by atoms with Gasteiger partial charge in [0.05, 0.1) is 13.2 Å². The monoisotopic (exact) mass is 406 g/mol. The van der Waals surface area contributed by atoms with Crippen LogP contribution in [0.25, 0.3) is 0 Å². The molecule has 0 aromatic heterocycles. The second kappa shape index (κ2) is 17.1. The van der Waals surface area contributed by atoms with Crippen LogP contribution in [0, 0.1) is 10.8 Å². The minimum absolute atomic E-state index is 0.0309. The van der Waals surface area contributed by atoms with Gasteiger partial charge in [-0.15, -0.1) is 0 Å². The number of hydrogen-bond donors (Lipinski definition) is 5. The maximum Gasteiger partial charge on any atom is 0.371 e. The van der Waals surface area contributed by atoms with Crippen LogP contribution in [0.4, 0.5) is 0 Å². The molecule has 13 heteroatoms. The summed E-state index contributed by atoms with van der Waals surface area (Å²) in [5.74, 6) is -3.23. The van der Waals surface area contributed by atoms with Crippen molar-refractivity contribution < 1.29 is 33.8 Å². The van der Waals surface area contributed by atoms with Crippen molar-refractivity contribution in [1.82, 2.24) is 9.80 Å². The summed E-state index contributed by atoms with van der Waals surface area (Å²) >= 11 is 0. The Kier molecular flexibility index (Phi) is 17.9. The molecule has 0 aromatic carbocycles. The molecule has 0 unspecified atom stereocenters. The Hall–Kier alpha value is -3.38. The van der Waals surface area contributed by atoms with E-state index in [0.29, 0.717) is 13.2 Å². The predicted molar refractivity (Wildman–Crippen MR) is 101 cm³/mol. The third-order valence-electron chi connectivity index (χ3n) is 2.47. The lowest BCUT2D eigenvalue weighted by molar-refractivity contribution is -0.148. The fourth-order valence-corrected chi connectivity index (χ4v) is 0.971. The number of hydrogen-bond acceptors (Lipinski definition) is 8. The van der Waals surface area contributed by atoms with E-state index in [0.717, 1.165) is 6.92 Å². The SMILES string of the molecule is CC(=O)C(=O)O.CCOC(=O)CN(C)C(=N)N.CCOC(=O)CN(C)C(=N)N. The quantitative estimate of drug-likeness (QED) is 0.141. The van der Waals surface area contributed by atoms with Crippen LogP contribution in [0.2, 0.25) is 0 Å². The van der Waals surface area contributed by atoms with Gasteiger partial charge in [-0.3, -0.25) is 25.2 Å². The number of aliphatic carboxylic acids is 1. The highest BCUT2D eigenvalue weighted by Crippen LogP contribution is 1.84. The van der Waals surface area contributed by atoms with E-state index in [1.54, 1.807) is 27.9 Å². The normalized spacial score (nSPS) is 8.61. The van der Waals surface area contributed by atoms with Gasteiger partial charge < -0.3 is 35.8 Å². The van der Waals surface area contributed by atoms with Crippen LogP contribution in [0.1, 0.15) is 20.8 Å². The number of Topliss-reactive ketones (excluding diaryl/α,β-unsaturated/α-hetero) is 1. The Morgan fingerprint density at radius 1 is 0.857 bits per heavy atom. The highest BCUT2D eigenvalue weighted by atomic mass is 16.5. The van der Waals surface area contributed by atoms with Crippen molar-refractivity contribution in [2.75, 3.05) is 40.4 Å². The maximum atomic E-state index is 10.7. The molecular weight excluding hydrogens is 376 g/mol. The molecule has 13 nitrogen and oxygen atoms in total. The van der Waals surface area contributed by atoms with E-state index in [1.165, 1.54) is 9.80 Å². The molecule has 0 bridgehead atoms. The lowest BCUT2D eigenvalue weighted by Crippen LogP contribution is -2.37. The van der Waals surface area contributed by atoms with E-state index in [9.17, 15) is 19.2 Å². The number of likely N-dealkylation sites (N-methyl/N-ethyl adjacent to an activating group) is 2. The van der Waals surface area contributed by atoms with Gasteiger partial charge in [-0.05, 0) is 13.8 Å². The number of esters is 2. The van der Waals surface area contributed by atoms with Gasteiger partial charge in [-0.2, -0.15) is 0 Å². The minimum Gasteiger partial charge on any atom is -0.476 e. The van der Waals surface area contributed by atoms with Crippen molar-refractivity contribution >= 4 is 35.6 Å². The smallest absolute Gasteiger partial charge is 0.371 e. The number of carbonyl (C=O) groups is 4. The zero-order valence-electron chi connectivity index (χ0n) is 16.8. The Labute approximate surface area is 163 Å². The van der Waals surface area contributed by atoms with Gasteiger partial charge in [0.1, 0.15) is 13.1 Å². The molecule has 0 rings (SSSR count). The van der Waals surface area contributed by atoms with E-state index < -0.39 is 11.8 Å². The maximum absolute atomic E-state index is 10.7. The van der Waals surface area contributed by atoms with Crippen LogP contribution < -0.4 is 11.5 Å². The fourth-order valence-electron chi connectivity index (χ4n) is 0.971. The molecular formula is C15H30N6O7. The summed E-state index contributed by atoms with van der Waals surface area (Å²) in [5, 5.41) is 21.5. The average Bonchev–Trinajstić information content (AvgIpc) is 2.55. The summed E-state index contributed by atoms with van der Waals surface area (Å²) in [6.45, 7) is 5.22. The number of nitrogens with zero attached hydrogens (tertiary/aromatic N) is 2. The summed E-state index contributed by atoms with van der Waals surface area (Å²) in [4.78, 5) is 43.0. The number of carboxylic acid groups (broad SMARTS) is 1. The molecule has 162 valence electrons. The molecule has 0 aliphatic heterocycles. The van der Waals surface area contributed by atoms with E-state index >= 15 is 0 Å². The summed E-state index contributed by atoms with van der Waals surface area (Å²) in [5.41, 5.74) is 10.2. The molecule has 0 atom stereocenters.